The van der Waals surface area contributed by atoms with Crippen molar-refractivity contribution in [3.05, 3.63) is 81.8 Å². The lowest BCUT2D eigenvalue weighted by atomic mass is 10.0. The van der Waals surface area contributed by atoms with E-state index in [4.69, 9.17) is 11.6 Å². The number of fused-ring (bicyclic) bond motifs is 2. The van der Waals surface area contributed by atoms with E-state index in [9.17, 15) is 22.9 Å². The van der Waals surface area contributed by atoms with Gasteiger partial charge in [-0.05, 0) is 41.8 Å². The van der Waals surface area contributed by atoms with E-state index in [0.29, 0.717) is 11.6 Å². The molecule has 1 aliphatic heterocycles. The minimum absolute atomic E-state index is 0.163. The van der Waals surface area contributed by atoms with Crippen molar-refractivity contribution in [2.75, 3.05) is 17.2 Å². The van der Waals surface area contributed by atoms with Gasteiger partial charge in [-0.1, -0.05) is 71.1 Å². The van der Waals surface area contributed by atoms with Crippen LogP contribution >= 0.6 is 34.7 Å². The summed E-state index contributed by atoms with van der Waals surface area (Å²) in [6, 6.07) is 21.4. The number of carboxylic acid groups (broad SMARTS) is 1. The van der Waals surface area contributed by atoms with Gasteiger partial charge in [-0.15, -0.1) is 0 Å². The summed E-state index contributed by atoms with van der Waals surface area (Å²) in [7, 11) is -4.35. The van der Waals surface area contributed by atoms with Crippen LogP contribution in [0.2, 0.25) is 5.02 Å². The number of halogens is 1. The fourth-order valence-electron chi connectivity index (χ4n) is 4.23. The van der Waals surface area contributed by atoms with E-state index in [1.807, 2.05) is 59.5 Å². The Kier molecular flexibility index (Phi) is 7.28. The topological polar surface area (TPSA) is 102 Å². The quantitative estimate of drug-likeness (QED) is 0.221. The Balaban J connectivity index is 1.58. The molecule has 0 aliphatic carbocycles. The van der Waals surface area contributed by atoms with E-state index < -0.39 is 21.8 Å². The largest absolute Gasteiger partial charge is 0.748 e. The summed E-state index contributed by atoms with van der Waals surface area (Å²) in [5.74, 6) is -1.44. The number of carboxylic acids is 1. The molecule has 1 aliphatic rings. The number of anilines is 1. The van der Waals surface area contributed by atoms with Gasteiger partial charge in [0.15, 0.2) is 0 Å². The van der Waals surface area contributed by atoms with Crippen LogP contribution in [0.15, 0.2) is 76.7 Å². The van der Waals surface area contributed by atoms with Gasteiger partial charge in [-0.3, -0.25) is 0 Å². The van der Waals surface area contributed by atoms with E-state index >= 15 is 0 Å². The molecule has 37 heavy (non-hydrogen) atoms. The average Bonchev–Trinajstić information content (AvgIpc) is 3.35. The predicted molar refractivity (Wildman–Crippen MR) is 147 cm³/mol. The highest BCUT2D eigenvalue weighted by Gasteiger charge is 2.29. The second-order valence-corrected chi connectivity index (χ2v) is 12.5. The van der Waals surface area contributed by atoms with Crippen LogP contribution in [0.5, 0.6) is 0 Å². The number of carbonyl (C=O) groups is 1. The Morgan fingerprint density at radius 3 is 2.59 bits per heavy atom. The van der Waals surface area contributed by atoms with Crippen molar-refractivity contribution in [3.8, 4) is 11.1 Å². The molecule has 0 saturated heterocycles. The summed E-state index contributed by atoms with van der Waals surface area (Å²) < 4.78 is 36.4. The third-order valence-corrected chi connectivity index (χ3v) is 9.09. The molecule has 1 N–H and O–H groups in total. The summed E-state index contributed by atoms with van der Waals surface area (Å²) >= 11 is 9.16. The van der Waals surface area contributed by atoms with Gasteiger partial charge in [0, 0.05) is 28.3 Å². The molecule has 0 saturated carbocycles. The van der Waals surface area contributed by atoms with Crippen LogP contribution in [0.1, 0.15) is 11.4 Å². The number of nitrogens with zero attached hydrogens (tertiary/aromatic N) is 2. The monoisotopic (exact) mass is 572 g/mol. The minimum Gasteiger partial charge on any atom is -0.748 e. The molecule has 190 valence electrons. The molecule has 0 unspecified atom stereocenters. The number of thiazole rings is 1. The maximum atomic E-state index is 11.7. The van der Waals surface area contributed by atoms with E-state index in [0.717, 1.165) is 42.0 Å². The van der Waals surface area contributed by atoms with Crippen molar-refractivity contribution in [2.24, 2.45) is 0 Å². The Hall–Kier alpha value is -2.89. The predicted octanol–water partition coefficient (Wildman–Crippen LogP) is 5.44. The highest BCUT2D eigenvalue weighted by atomic mass is 35.5. The SMILES string of the molecule is O=C(O)C[n+]1c(C=C2Sc3ccc(-c4ccccc4)cc3N2CCCS(=O)(=O)[O-])sc2ccc(Cl)cc21. The molecule has 1 aromatic heterocycles. The summed E-state index contributed by atoms with van der Waals surface area (Å²) in [4.78, 5) is 14.7. The van der Waals surface area contributed by atoms with Crippen molar-refractivity contribution < 1.29 is 27.4 Å². The first-order valence-corrected chi connectivity index (χ1v) is 14.9. The highest BCUT2D eigenvalue weighted by molar-refractivity contribution is 8.03. The third-order valence-electron chi connectivity index (χ3n) is 5.85. The van der Waals surface area contributed by atoms with Gasteiger partial charge in [-0.2, -0.15) is 4.57 Å². The smallest absolute Gasteiger partial charge is 0.370 e. The minimum atomic E-state index is -4.35. The zero-order chi connectivity index (χ0) is 26.2. The molecule has 11 heteroatoms. The fourth-order valence-corrected chi connectivity index (χ4v) is 7.14. The standard InChI is InChI=1S/C26H21ClN2O5S3/c27-19-8-10-23-21(14-19)29(16-26(30)31)25(36-23)15-24-28(11-4-12-37(32,33)34)20-13-18(7-9-22(20)35-24)17-5-2-1-3-6-17/h1-3,5-10,13-15H,4,11-12,16H2,(H-,30,31,32,33,34). The first-order chi connectivity index (χ1) is 17.7. The van der Waals surface area contributed by atoms with Crippen LogP contribution in [0.4, 0.5) is 5.69 Å². The molecule has 5 rings (SSSR count). The van der Waals surface area contributed by atoms with Crippen LogP contribution in [-0.4, -0.2) is 36.3 Å². The van der Waals surface area contributed by atoms with E-state index in [1.54, 1.807) is 16.7 Å². The van der Waals surface area contributed by atoms with Crippen LogP contribution < -0.4 is 9.47 Å². The van der Waals surface area contributed by atoms with Gasteiger partial charge in [0.25, 0.3) is 5.01 Å². The number of hydrogen-bond acceptors (Lipinski definition) is 7. The number of aliphatic carboxylic acids is 1. The molecule has 3 aromatic carbocycles. The first-order valence-electron chi connectivity index (χ1n) is 11.3. The molecule has 0 fully saturated rings. The second-order valence-electron chi connectivity index (χ2n) is 8.43. The lowest BCUT2D eigenvalue weighted by molar-refractivity contribution is -0.657. The summed E-state index contributed by atoms with van der Waals surface area (Å²) in [5.41, 5.74) is 3.70. The Labute approximate surface area is 227 Å². The van der Waals surface area contributed by atoms with Crippen LogP contribution in [-0.2, 0) is 21.5 Å². The van der Waals surface area contributed by atoms with Crippen molar-refractivity contribution >= 4 is 72.8 Å². The van der Waals surface area contributed by atoms with Gasteiger partial charge in [0.05, 0.1) is 26.9 Å². The van der Waals surface area contributed by atoms with Crippen molar-refractivity contribution in [1.82, 2.24) is 0 Å². The molecule has 0 atom stereocenters. The normalized spacial score (nSPS) is 14.4. The molecule has 7 nitrogen and oxygen atoms in total. The number of thioether (sulfide) groups is 1. The summed E-state index contributed by atoms with van der Waals surface area (Å²) in [6.45, 7) is 0.0881. The zero-order valence-corrected chi connectivity index (χ0v) is 22.5. The molecule has 0 spiro atoms. The second kappa shape index (κ2) is 10.5. The summed E-state index contributed by atoms with van der Waals surface area (Å²) in [5, 5.41) is 11.6. The van der Waals surface area contributed by atoms with Gasteiger partial charge in [-0.25, -0.2) is 13.2 Å². The highest BCUT2D eigenvalue weighted by Crippen LogP contribution is 2.48. The van der Waals surface area contributed by atoms with Crippen molar-refractivity contribution in [3.63, 3.8) is 0 Å². The Morgan fingerprint density at radius 1 is 1.08 bits per heavy atom. The van der Waals surface area contributed by atoms with Gasteiger partial charge in [0.1, 0.15) is 4.70 Å². The van der Waals surface area contributed by atoms with E-state index in [-0.39, 0.29) is 13.0 Å². The molecule has 0 amide bonds. The van der Waals surface area contributed by atoms with E-state index in [2.05, 4.69) is 6.07 Å². The molecular weight excluding hydrogens is 552 g/mol. The maximum Gasteiger partial charge on any atom is 0.370 e. The van der Waals surface area contributed by atoms with Crippen molar-refractivity contribution in [2.45, 2.75) is 17.9 Å². The zero-order valence-electron chi connectivity index (χ0n) is 19.3. The molecule has 4 aromatic rings. The Morgan fingerprint density at radius 2 is 1.86 bits per heavy atom. The Bertz CT molecular complexity index is 1630. The molecular formula is C26H21ClN2O5S3. The number of hydrogen-bond donors (Lipinski definition) is 1. The van der Waals surface area contributed by atoms with Crippen LogP contribution in [0.3, 0.4) is 0 Å². The molecule has 0 radical (unpaired) electrons. The van der Waals surface area contributed by atoms with Crippen LogP contribution in [0.25, 0.3) is 27.4 Å². The molecule has 0 bridgehead atoms. The van der Waals surface area contributed by atoms with Crippen molar-refractivity contribution in [1.29, 1.82) is 0 Å². The average molecular weight is 573 g/mol. The lowest BCUT2D eigenvalue weighted by Crippen LogP contribution is -2.39. The maximum absolute atomic E-state index is 11.7. The number of aromatic nitrogens is 1. The van der Waals surface area contributed by atoms with Gasteiger partial charge < -0.3 is 14.6 Å². The molecule has 2 heterocycles. The van der Waals surface area contributed by atoms with Gasteiger partial charge in [0.2, 0.25) is 12.1 Å². The third kappa shape index (κ3) is 5.83. The number of benzene rings is 3. The van der Waals surface area contributed by atoms with Crippen LogP contribution in [0, 0.1) is 0 Å². The first kappa shape index (κ1) is 25.7. The number of rotatable bonds is 8. The van der Waals surface area contributed by atoms with Gasteiger partial charge >= 0.3 is 5.97 Å². The fraction of sp³-hybridized carbons (Fsp3) is 0.154. The lowest BCUT2D eigenvalue weighted by Gasteiger charge is -2.21. The summed E-state index contributed by atoms with van der Waals surface area (Å²) in [6.07, 6.45) is 2.08. The van der Waals surface area contributed by atoms with E-state index in [1.165, 1.54) is 23.1 Å².